The summed E-state index contributed by atoms with van der Waals surface area (Å²) < 4.78 is 27.4. The van der Waals surface area contributed by atoms with E-state index >= 15 is 0 Å². The molecule has 1 aliphatic rings. The molecule has 7 nitrogen and oxygen atoms in total. The maximum absolute atomic E-state index is 12.9. The molecule has 1 aliphatic heterocycles. The zero-order valence-corrected chi connectivity index (χ0v) is 19.0. The molecule has 3 rings (SSSR count). The van der Waals surface area contributed by atoms with Crippen molar-refractivity contribution in [2.45, 2.75) is 44.0 Å². The minimum Gasteiger partial charge on any atom is -0.332 e. The normalized spacial score (nSPS) is 17.2. The molecule has 1 atom stereocenters. The number of sulfonamides is 1. The highest BCUT2D eigenvalue weighted by Gasteiger charge is 2.31. The van der Waals surface area contributed by atoms with Crippen LogP contribution in [-0.4, -0.2) is 55.6 Å². The molecular weight excluding hydrogens is 414 g/mol. The van der Waals surface area contributed by atoms with Crippen molar-refractivity contribution in [3.8, 4) is 0 Å². The molecule has 1 fully saturated rings. The summed E-state index contributed by atoms with van der Waals surface area (Å²) in [4.78, 5) is 26.4. The van der Waals surface area contributed by atoms with Gasteiger partial charge in [-0.15, -0.1) is 0 Å². The third kappa shape index (κ3) is 5.51. The van der Waals surface area contributed by atoms with E-state index in [0.717, 1.165) is 24.8 Å². The second kappa shape index (κ2) is 9.62. The Morgan fingerprint density at radius 3 is 2.32 bits per heavy atom. The fourth-order valence-electron chi connectivity index (χ4n) is 3.68. The van der Waals surface area contributed by atoms with Crippen LogP contribution < -0.4 is 5.32 Å². The van der Waals surface area contributed by atoms with Crippen LogP contribution in [0.3, 0.4) is 0 Å². The maximum Gasteiger partial charge on any atom is 0.254 e. The van der Waals surface area contributed by atoms with Crippen molar-refractivity contribution >= 4 is 27.5 Å². The average Bonchev–Trinajstić information content (AvgIpc) is 2.75. The summed E-state index contributed by atoms with van der Waals surface area (Å²) in [6.45, 7) is 4.29. The van der Waals surface area contributed by atoms with E-state index in [1.807, 2.05) is 26.0 Å². The minimum absolute atomic E-state index is 0.0294. The van der Waals surface area contributed by atoms with Crippen LogP contribution in [0.2, 0.25) is 0 Å². The Bertz CT molecular complexity index is 1030. The molecule has 1 unspecified atom stereocenters. The van der Waals surface area contributed by atoms with Gasteiger partial charge in [0.2, 0.25) is 15.9 Å². The Hall–Kier alpha value is -2.71. The number of carbonyl (C=O) groups is 2. The molecule has 2 amide bonds. The molecule has 2 aromatic carbocycles. The van der Waals surface area contributed by atoms with Gasteiger partial charge in [-0.1, -0.05) is 24.1 Å². The predicted octanol–water partition coefficient (Wildman–Crippen LogP) is 3.27. The lowest BCUT2D eigenvalue weighted by Gasteiger charge is -2.32. The topological polar surface area (TPSA) is 86.8 Å². The molecule has 0 spiro atoms. The van der Waals surface area contributed by atoms with Gasteiger partial charge in [-0.25, -0.2) is 8.42 Å². The minimum atomic E-state index is -3.59. The Labute approximate surface area is 184 Å². The van der Waals surface area contributed by atoms with E-state index < -0.39 is 10.0 Å². The van der Waals surface area contributed by atoms with Crippen LogP contribution in [0, 0.1) is 6.92 Å². The van der Waals surface area contributed by atoms with E-state index in [9.17, 15) is 18.0 Å². The van der Waals surface area contributed by atoms with Crippen molar-refractivity contribution in [1.82, 2.24) is 9.21 Å². The molecule has 0 bridgehead atoms. The van der Waals surface area contributed by atoms with E-state index in [0.29, 0.717) is 17.8 Å². The van der Waals surface area contributed by atoms with Crippen molar-refractivity contribution in [3.05, 3.63) is 59.7 Å². The molecule has 0 radical (unpaired) electrons. The largest absolute Gasteiger partial charge is 0.332 e. The number of anilines is 1. The number of piperidine rings is 1. The third-order valence-electron chi connectivity index (χ3n) is 5.51. The highest BCUT2D eigenvalue weighted by atomic mass is 32.2. The van der Waals surface area contributed by atoms with Gasteiger partial charge in [0.15, 0.2) is 0 Å². The highest BCUT2D eigenvalue weighted by Crippen LogP contribution is 2.25. The van der Waals surface area contributed by atoms with Crippen LogP contribution >= 0.6 is 0 Å². The van der Waals surface area contributed by atoms with Gasteiger partial charge in [0.05, 0.1) is 11.4 Å². The first kappa shape index (κ1) is 23.0. The smallest absolute Gasteiger partial charge is 0.254 e. The number of nitrogens with zero attached hydrogens (tertiary/aromatic N) is 2. The van der Waals surface area contributed by atoms with E-state index in [1.165, 1.54) is 40.5 Å². The number of hydrogen-bond donors (Lipinski definition) is 1. The lowest BCUT2D eigenvalue weighted by molar-refractivity contribution is -0.116. The van der Waals surface area contributed by atoms with Crippen molar-refractivity contribution in [3.63, 3.8) is 0 Å². The van der Waals surface area contributed by atoms with Gasteiger partial charge in [-0.2, -0.15) is 4.31 Å². The lowest BCUT2D eigenvalue weighted by atomic mass is 10.1. The molecule has 166 valence electrons. The Balaban J connectivity index is 1.63. The number of rotatable bonds is 6. The van der Waals surface area contributed by atoms with Crippen LogP contribution in [-0.2, 0) is 14.8 Å². The molecule has 0 aliphatic carbocycles. The number of benzene rings is 2. The van der Waals surface area contributed by atoms with E-state index in [-0.39, 0.29) is 29.3 Å². The van der Waals surface area contributed by atoms with Crippen molar-refractivity contribution < 1.29 is 18.0 Å². The van der Waals surface area contributed by atoms with Gasteiger partial charge < -0.3 is 10.2 Å². The molecule has 2 aromatic rings. The summed E-state index contributed by atoms with van der Waals surface area (Å²) in [5.41, 5.74) is 2.08. The van der Waals surface area contributed by atoms with Crippen molar-refractivity contribution in [2.75, 3.05) is 25.5 Å². The second-order valence-corrected chi connectivity index (χ2v) is 9.95. The first-order valence-corrected chi connectivity index (χ1v) is 11.9. The molecule has 1 saturated heterocycles. The number of amides is 2. The Kier molecular flexibility index (Phi) is 7.12. The number of likely N-dealkylation sites (N-methyl/N-ethyl adjacent to an activating group) is 1. The van der Waals surface area contributed by atoms with Gasteiger partial charge in [-0.3, -0.25) is 9.59 Å². The van der Waals surface area contributed by atoms with Gasteiger partial charge in [-0.05, 0) is 63.1 Å². The number of carbonyl (C=O) groups excluding carboxylic acids is 2. The predicted molar refractivity (Wildman–Crippen MR) is 120 cm³/mol. The fourth-order valence-corrected chi connectivity index (χ4v) is 5.38. The molecular formula is C23H29N3O4S. The zero-order chi connectivity index (χ0) is 22.6. The summed E-state index contributed by atoms with van der Waals surface area (Å²) in [5, 5.41) is 2.76. The maximum atomic E-state index is 12.9. The summed E-state index contributed by atoms with van der Waals surface area (Å²) in [6.07, 6.45) is 2.74. The highest BCUT2D eigenvalue weighted by molar-refractivity contribution is 7.89. The van der Waals surface area contributed by atoms with Gasteiger partial charge in [0.1, 0.15) is 0 Å². The third-order valence-corrected chi connectivity index (χ3v) is 7.54. The number of hydrogen-bond acceptors (Lipinski definition) is 4. The molecule has 31 heavy (non-hydrogen) atoms. The van der Waals surface area contributed by atoms with E-state index in [1.54, 1.807) is 12.1 Å². The van der Waals surface area contributed by atoms with Gasteiger partial charge >= 0.3 is 0 Å². The van der Waals surface area contributed by atoms with Crippen molar-refractivity contribution in [1.29, 1.82) is 0 Å². The molecule has 0 aromatic heterocycles. The van der Waals surface area contributed by atoms with Crippen LogP contribution in [0.25, 0.3) is 0 Å². The van der Waals surface area contributed by atoms with Crippen LogP contribution in [0.4, 0.5) is 5.69 Å². The SMILES string of the molecule is Cc1ccc(NC(=O)CN(C)C(=O)c2ccc(S(=O)(=O)N3CCCCC3C)cc2)cc1. The summed E-state index contributed by atoms with van der Waals surface area (Å²) in [6, 6.07) is 13.3. The van der Waals surface area contributed by atoms with Gasteiger partial charge in [0, 0.05) is 30.9 Å². The molecule has 1 heterocycles. The van der Waals surface area contributed by atoms with Crippen molar-refractivity contribution in [2.24, 2.45) is 0 Å². The monoisotopic (exact) mass is 443 g/mol. The number of nitrogens with one attached hydrogen (secondary N) is 1. The van der Waals surface area contributed by atoms with Gasteiger partial charge in [0.25, 0.3) is 5.91 Å². The fraction of sp³-hybridized carbons (Fsp3) is 0.391. The first-order valence-electron chi connectivity index (χ1n) is 10.4. The summed E-state index contributed by atoms with van der Waals surface area (Å²) in [5.74, 6) is -0.660. The molecule has 8 heteroatoms. The molecule has 1 N–H and O–H groups in total. The average molecular weight is 444 g/mol. The summed E-state index contributed by atoms with van der Waals surface area (Å²) in [7, 11) is -2.05. The second-order valence-electron chi connectivity index (χ2n) is 8.06. The van der Waals surface area contributed by atoms with Crippen LogP contribution in [0.5, 0.6) is 0 Å². The summed E-state index contributed by atoms with van der Waals surface area (Å²) >= 11 is 0. The van der Waals surface area contributed by atoms with E-state index in [4.69, 9.17) is 0 Å². The number of aryl methyl sites for hydroxylation is 1. The Morgan fingerprint density at radius 1 is 1.06 bits per heavy atom. The lowest BCUT2D eigenvalue weighted by Crippen LogP contribution is -2.41. The van der Waals surface area contributed by atoms with E-state index in [2.05, 4.69) is 5.32 Å². The molecule has 0 saturated carbocycles. The standard InChI is InChI=1S/C23H29N3O4S/c1-17-7-11-20(12-8-17)24-22(27)16-25(3)23(28)19-9-13-21(14-10-19)31(29,30)26-15-5-4-6-18(26)2/h7-14,18H,4-6,15-16H2,1-3H3,(H,24,27). The Morgan fingerprint density at radius 2 is 1.71 bits per heavy atom. The zero-order valence-electron chi connectivity index (χ0n) is 18.2. The quantitative estimate of drug-likeness (QED) is 0.742. The van der Waals surface area contributed by atoms with Crippen LogP contribution in [0.15, 0.2) is 53.4 Å². The van der Waals surface area contributed by atoms with Crippen LogP contribution in [0.1, 0.15) is 42.1 Å². The first-order chi connectivity index (χ1) is 14.7.